The first-order valence-electron chi connectivity index (χ1n) is 9.32. The Bertz CT molecular complexity index is 1020. The van der Waals surface area contributed by atoms with Gasteiger partial charge in [-0.2, -0.15) is 0 Å². The van der Waals surface area contributed by atoms with Crippen LogP contribution in [0.1, 0.15) is 37.4 Å². The fraction of sp³-hybridized carbons (Fsp3) is 0.333. The van der Waals surface area contributed by atoms with Crippen LogP contribution in [0.15, 0.2) is 53.4 Å². The number of fused-ring (bicyclic) bond motifs is 3. The van der Waals surface area contributed by atoms with E-state index in [1.807, 2.05) is 49.4 Å². The summed E-state index contributed by atoms with van der Waals surface area (Å²) in [6, 6.07) is 14.8. The van der Waals surface area contributed by atoms with Crippen LogP contribution in [0.25, 0.3) is 10.9 Å². The first kappa shape index (κ1) is 17.2. The molecule has 0 saturated heterocycles. The standard InChI is InChI=1S/C21H24N2O2S/c1-2-23(16-9-5-3-6-10-16)26(24,25)17-13-14-21-19(15-17)18-11-7-4-8-12-20(18)22-21/h3,5-6,9-10,13-15,22H,2,4,7-8,11-12H2,1H3. The topological polar surface area (TPSA) is 53.2 Å². The van der Waals surface area contributed by atoms with Gasteiger partial charge in [0.15, 0.2) is 0 Å². The number of nitrogens with zero attached hydrogens (tertiary/aromatic N) is 1. The molecule has 4 rings (SSSR count). The van der Waals surface area contributed by atoms with Crippen molar-refractivity contribution in [2.45, 2.75) is 43.9 Å². The quantitative estimate of drug-likeness (QED) is 0.682. The van der Waals surface area contributed by atoms with Gasteiger partial charge in [0.1, 0.15) is 0 Å². The average Bonchev–Trinajstić information content (AvgIpc) is 2.83. The van der Waals surface area contributed by atoms with Crippen molar-refractivity contribution in [2.75, 3.05) is 10.8 Å². The number of aromatic amines is 1. The number of H-pyrrole nitrogens is 1. The van der Waals surface area contributed by atoms with Crippen LogP contribution in [-0.4, -0.2) is 19.9 Å². The number of para-hydroxylation sites is 1. The molecule has 1 heterocycles. The maximum atomic E-state index is 13.3. The molecular formula is C21H24N2O2S. The minimum Gasteiger partial charge on any atom is -0.358 e. The van der Waals surface area contributed by atoms with Gasteiger partial charge in [-0.05, 0) is 68.5 Å². The second kappa shape index (κ2) is 6.80. The molecule has 0 spiro atoms. The van der Waals surface area contributed by atoms with Gasteiger partial charge in [-0.3, -0.25) is 4.31 Å². The highest BCUT2D eigenvalue weighted by Gasteiger charge is 2.25. The summed E-state index contributed by atoms with van der Waals surface area (Å²) < 4.78 is 28.0. The summed E-state index contributed by atoms with van der Waals surface area (Å²) in [5.41, 5.74) is 4.32. The van der Waals surface area contributed by atoms with E-state index in [2.05, 4.69) is 4.98 Å². The fourth-order valence-corrected chi connectivity index (χ4v) is 5.44. The van der Waals surface area contributed by atoms with Gasteiger partial charge in [-0.15, -0.1) is 0 Å². The maximum Gasteiger partial charge on any atom is 0.264 e. The molecular weight excluding hydrogens is 344 g/mol. The highest BCUT2D eigenvalue weighted by molar-refractivity contribution is 7.92. The lowest BCUT2D eigenvalue weighted by atomic mass is 10.1. The molecule has 1 aliphatic carbocycles. The monoisotopic (exact) mass is 368 g/mol. The van der Waals surface area contributed by atoms with Crippen molar-refractivity contribution in [1.29, 1.82) is 0 Å². The number of sulfonamides is 1. The lowest BCUT2D eigenvalue weighted by molar-refractivity contribution is 0.592. The zero-order valence-corrected chi connectivity index (χ0v) is 15.8. The summed E-state index contributed by atoms with van der Waals surface area (Å²) in [5, 5.41) is 1.06. The third kappa shape index (κ3) is 2.90. The third-order valence-corrected chi connectivity index (χ3v) is 7.14. The van der Waals surface area contributed by atoms with E-state index in [0.29, 0.717) is 17.1 Å². The molecule has 0 amide bonds. The Balaban J connectivity index is 1.81. The number of aromatic nitrogens is 1. The van der Waals surface area contributed by atoms with Gasteiger partial charge in [0.25, 0.3) is 10.0 Å². The van der Waals surface area contributed by atoms with Gasteiger partial charge in [0.2, 0.25) is 0 Å². The predicted octanol–water partition coefficient (Wildman–Crippen LogP) is 4.65. The first-order valence-corrected chi connectivity index (χ1v) is 10.8. The molecule has 1 N–H and O–H groups in total. The predicted molar refractivity (Wildman–Crippen MR) is 106 cm³/mol. The summed E-state index contributed by atoms with van der Waals surface area (Å²) in [4.78, 5) is 3.86. The molecule has 0 radical (unpaired) electrons. The van der Waals surface area contributed by atoms with Gasteiger partial charge in [0, 0.05) is 23.1 Å². The lowest BCUT2D eigenvalue weighted by Gasteiger charge is -2.23. The van der Waals surface area contributed by atoms with E-state index >= 15 is 0 Å². The van der Waals surface area contributed by atoms with Crippen LogP contribution in [0.4, 0.5) is 5.69 Å². The van der Waals surface area contributed by atoms with Crippen LogP contribution in [0.3, 0.4) is 0 Å². The molecule has 0 saturated carbocycles. The second-order valence-corrected chi connectivity index (χ2v) is 8.72. The third-order valence-electron chi connectivity index (χ3n) is 5.24. The smallest absolute Gasteiger partial charge is 0.264 e. The Kier molecular flexibility index (Phi) is 4.49. The summed E-state index contributed by atoms with van der Waals surface area (Å²) in [6.07, 6.45) is 5.68. The Hall–Kier alpha value is -2.27. The molecule has 4 nitrogen and oxygen atoms in total. The van der Waals surface area contributed by atoms with Gasteiger partial charge >= 0.3 is 0 Å². The Morgan fingerprint density at radius 3 is 2.54 bits per heavy atom. The van der Waals surface area contributed by atoms with Crippen molar-refractivity contribution in [2.24, 2.45) is 0 Å². The van der Waals surface area contributed by atoms with Crippen molar-refractivity contribution < 1.29 is 8.42 Å². The Labute approximate surface area is 154 Å². The zero-order valence-electron chi connectivity index (χ0n) is 15.0. The van der Waals surface area contributed by atoms with Crippen LogP contribution >= 0.6 is 0 Å². The van der Waals surface area contributed by atoms with Gasteiger partial charge in [-0.25, -0.2) is 8.42 Å². The lowest BCUT2D eigenvalue weighted by Crippen LogP contribution is -2.30. The molecule has 1 aromatic heterocycles. The second-order valence-electron chi connectivity index (χ2n) is 6.86. The molecule has 136 valence electrons. The van der Waals surface area contributed by atoms with E-state index in [0.717, 1.165) is 23.7 Å². The molecule has 1 aliphatic rings. The summed E-state index contributed by atoms with van der Waals surface area (Å²) in [7, 11) is -3.59. The highest BCUT2D eigenvalue weighted by atomic mass is 32.2. The van der Waals surface area contributed by atoms with Crippen molar-refractivity contribution in [3.8, 4) is 0 Å². The van der Waals surface area contributed by atoms with Crippen LogP contribution in [0.5, 0.6) is 0 Å². The zero-order chi connectivity index (χ0) is 18.1. The Morgan fingerprint density at radius 2 is 1.77 bits per heavy atom. The molecule has 2 aromatic carbocycles. The first-order chi connectivity index (χ1) is 12.6. The van der Waals surface area contributed by atoms with Gasteiger partial charge in [-0.1, -0.05) is 24.6 Å². The van der Waals surface area contributed by atoms with E-state index in [4.69, 9.17) is 0 Å². The van der Waals surface area contributed by atoms with Crippen LogP contribution in [0, 0.1) is 0 Å². The highest BCUT2D eigenvalue weighted by Crippen LogP contribution is 2.31. The fourth-order valence-electron chi connectivity index (χ4n) is 3.94. The Morgan fingerprint density at radius 1 is 1.00 bits per heavy atom. The number of nitrogens with one attached hydrogen (secondary N) is 1. The van der Waals surface area contributed by atoms with Crippen LogP contribution < -0.4 is 4.31 Å². The van der Waals surface area contributed by atoms with E-state index in [9.17, 15) is 8.42 Å². The molecule has 0 aliphatic heterocycles. The van der Waals surface area contributed by atoms with Crippen molar-refractivity contribution in [3.05, 3.63) is 59.8 Å². The molecule has 0 fully saturated rings. The van der Waals surface area contributed by atoms with Crippen molar-refractivity contribution >= 4 is 26.6 Å². The normalized spacial score (nSPS) is 14.8. The number of hydrogen-bond donors (Lipinski definition) is 1. The minimum absolute atomic E-state index is 0.363. The number of benzene rings is 2. The summed E-state index contributed by atoms with van der Waals surface area (Å²) >= 11 is 0. The summed E-state index contributed by atoms with van der Waals surface area (Å²) in [5.74, 6) is 0. The SMILES string of the molecule is CCN(c1ccccc1)S(=O)(=O)c1ccc2[nH]c3c(c2c1)CCCCC3. The average molecular weight is 369 g/mol. The van der Waals surface area contributed by atoms with Gasteiger partial charge < -0.3 is 4.98 Å². The van der Waals surface area contributed by atoms with Crippen LogP contribution in [-0.2, 0) is 22.9 Å². The molecule has 0 bridgehead atoms. The van der Waals surface area contributed by atoms with E-state index in [1.165, 1.54) is 34.8 Å². The maximum absolute atomic E-state index is 13.3. The number of aryl methyl sites for hydroxylation is 2. The molecule has 0 unspecified atom stereocenters. The number of rotatable bonds is 4. The number of hydrogen-bond acceptors (Lipinski definition) is 2. The van der Waals surface area contributed by atoms with Gasteiger partial charge in [0.05, 0.1) is 10.6 Å². The minimum atomic E-state index is -3.59. The molecule has 0 atom stereocenters. The molecule has 26 heavy (non-hydrogen) atoms. The molecule has 5 heteroatoms. The number of anilines is 1. The molecule has 3 aromatic rings. The van der Waals surface area contributed by atoms with E-state index < -0.39 is 10.0 Å². The van der Waals surface area contributed by atoms with Crippen molar-refractivity contribution in [3.63, 3.8) is 0 Å². The largest absolute Gasteiger partial charge is 0.358 e. The van der Waals surface area contributed by atoms with E-state index in [1.54, 1.807) is 6.07 Å². The van der Waals surface area contributed by atoms with E-state index in [-0.39, 0.29) is 0 Å². The van der Waals surface area contributed by atoms with Crippen molar-refractivity contribution in [1.82, 2.24) is 4.98 Å². The van der Waals surface area contributed by atoms with Crippen LogP contribution in [0.2, 0.25) is 0 Å². The summed E-state index contributed by atoms with van der Waals surface area (Å²) in [6.45, 7) is 2.26.